The summed E-state index contributed by atoms with van der Waals surface area (Å²) in [7, 11) is 1.51. The zero-order valence-corrected chi connectivity index (χ0v) is 17.1. The molecule has 10 heteroatoms. The van der Waals surface area contributed by atoms with Crippen LogP contribution in [0, 0.1) is 5.92 Å². The average molecular weight is 415 g/mol. The Hall–Kier alpha value is -3.30. The molecule has 1 aliphatic rings. The molecule has 0 saturated carbocycles. The van der Waals surface area contributed by atoms with Crippen LogP contribution >= 0.6 is 0 Å². The van der Waals surface area contributed by atoms with E-state index >= 15 is 0 Å². The Bertz CT molecular complexity index is 996. The first kappa shape index (κ1) is 21.4. The van der Waals surface area contributed by atoms with E-state index in [1.807, 2.05) is 0 Å². The molecule has 1 aromatic carbocycles. The van der Waals surface area contributed by atoms with Gasteiger partial charge in [-0.3, -0.25) is 19.2 Å². The Balaban J connectivity index is 1.55. The lowest BCUT2D eigenvalue weighted by molar-refractivity contribution is -0.151. The quantitative estimate of drug-likeness (QED) is 0.613. The van der Waals surface area contributed by atoms with Crippen molar-refractivity contribution in [1.29, 1.82) is 0 Å². The first-order chi connectivity index (χ1) is 14.4. The van der Waals surface area contributed by atoms with E-state index in [0.29, 0.717) is 43.4 Å². The van der Waals surface area contributed by atoms with Crippen LogP contribution in [0.25, 0.3) is 10.9 Å². The molecule has 1 saturated heterocycles. The minimum atomic E-state index is -0.420. The lowest BCUT2D eigenvalue weighted by atomic mass is 9.97. The summed E-state index contributed by atoms with van der Waals surface area (Å²) >= 11 is 0. The maximum Gasteiger partial charge on any atom is 0.309 e. The summed E-state index contributed by atoms with van der Waals surface area (Å²) in [5, 5.41) is 8.14. The predicted molar refractivity (Wildman–Crippen MR) is 107 cm³/mol. The Morgan fingerprint density at radius 3 is 2.60 bits per heavy atom. The third kappa shape index (κ3) is 4.81. The van der Waals surface area contributed by atoms with E-state index in [1.54, 1.807) is 36.1 Å². The fraction of sp³-hybridized carbons (Fsp3) is 0.500. The number of esters is 1. The number of aromatic nitrogens is 3. The number of ether oxygens (including phenoxy) is 1. The SMILES string of the molecule is CCOC(=O)C1CCN(C(=O)CN(C)C(=O)Cn2nnc3ccccc3c2=O)CC1. The summed E-state index contributed by atoms with van der Waals surface area (Å²) in [5.74, 6) is -1.04. The van der Waals surface area contributed by atoms with Gasteiger partial charge in [0.05, 0.1) is 24.5 Å². The van der Waals surface area contributed by atoms with Gasteiger partial charge >= 0.3 is 5.97 Å². The number of nitrogens with zero attached hydrogens (tertiary/aromatic N) is 5. The summed E-state index contributed by atoms with van der Waals surface area (Å²) in [6.45, 7) is 2.58. The van der Waals surface area contributed by atoms with Crippen molar-refractivity contribution in [2.75, 3.05) is 33.3 Å². The van der Waals surface area contributed by atoms with Gasteiger partial charge in [0, 0.05) is 20.1 Å². The van der Waals surface area contributed by atoms with Crippen LogP contribution in [-0.2, 0) is 25.7 Å². The molecule has 2 heterocycles. The highest BCUT2D eigenvalue weighted by Gasteiger charge is 2.29. The number of hydrogen-bond donors (Lipinski definition) is 0. The molecule has 1 fully saturated rings. The zero-order chi connectivity index (χ0) is 21.7. The van der Waals surface area contributed by atoms with Gasteiger partial charge in [-0.25, -0.2) is 4.68 Å². The molecule has 0 bridgehead atoms. The number of piperidine rings is 1. The zero-order valence-electron chi connectivity index (χ0n) is 17.1. The second-order valence-corrected chi connectivity index (χ2v) is 7.23. The number of hydrogen-bond acceptors (Lipinski definition) is 7. The van der Waals surface area contributed by atoms with Gasteiger partial charge in [0.15, 0.2) is 0 Å². The van der Waals surface area contributed by atoms with Gasteiger partial charge in [0.2, 0.25) is 11.8 Å². The van der Waals surface area contributed by atoms with E-state index in [4.69, 9.17) is 4.74 Å². The smallest absolute Gasteiger partial charge is 0.309 e. The summed E-state index contributed by atoms with van der Waals surface area (Å²) in [4.78, 5) is 52.2. The third-order valence-corrected chi connectivity index (χ3v) is 5.18. The topological polar surface area (TPSA) is 115 Å². The molecule has 0 N–H and O–H groups in total. The molecule has 0 aliphatic carbocycles. The monoisotopic (exact) mass is 415 g/mol. The minimum Gasteiger partial charge on any atom is -0.466 e. The third-order valence-electron chi connectivity index (χ3n) is 5.18. The largest absolute Gasteiger partial charge is 0.466 e. The van der Waals surface area contributed by atoms with E-state index in [0.717, 1.165) is 4.68 Å². The van der Waals surface area contributed by atoms with Crippen LogP contribution in [0.15, 0.2) is 29.1 Å². The Kier molecular flexibility index (Phi) is 6.76. The van der Waals surface area contributed by atoms with Gasteiger partial charge in [-0.05, 0) is 31.9 Å². The molecular formula is C20H25N5O5. The van der Waals surface area contributed by atoms with Gasteiger partial charge in [0.25, 0.3) is 5.56 Å². The molecule has 2 amide bonds. The lowest BCUT2D eigenvalue weighted by Gasteiger charge is -2.32. The number of amides is 2. The highest BCUT2D eigenvalue weighted by molar-refractivity contribution is 5.85. The van der Waals surface area contributed by atoms with Crippen LogP contribution in [0.4, 0.5) is 0 Å². The number of rotatable bonds is 6. The number of carbonyl (C=O) groups is 3. The summed E-state index contributed by atoms with van der Waals surface area (Å²) in [6, 6.07) is 6.76. The maximum absolute atomic E-state index is 12.5. The fourth-order valence-corrected chi connectivity index (χ4v) is 3.39. The first-order valence-corrected chi connectivity index (χ1v) is 9.91. The predicted octanol–water partition coefficient (Wildman–Crippen LogP) is 0.0516. The van der Waals surface area contributed by atoms with Crippen molar-refractivity contribution in [3.05, 3.63) is 34.6 Å². The molecule has 3 rings (SSSR count). The second kappa shape index (κ2) is 9.47. The van der Waals surface area contributed by atoms with Crippen molar-refractivity contribution < 1.29 is 19.1 Å². The number of likely N-dealkylation sites (tertiary alicyclic amines) is 1. The van der Waals surface area contributed by atoms with E-state index in [2.05, 4.69) is 10.3 Å². The Labute approximate surface area is 173 Å². The molecule has 10 nitrogen and oxygen atoms in total. The Morgan fingerprint density at radius 2 is 1.90 bits per heavy atom. The molecule has 30 heavy (non-hydrogen) atoms. The van der Waals surface area contributed by atoms with Gasteiger partial charge in [-0.15, -0.1) is 5.10 Å². The molecule has 0 spiro atoms. The highest BCUT2D eigenvalue weighted by atomic mass is 16.5. The number of carbonyl (C=O) groups excluding carboxylic acids is 3. The summed E-state index contributed by atoms with van der Waals surface area (Å²) in [5.41, 5.74) is 0.0515. The second-order valence-electron chi connectivity index (χ2n) is 7.23. The van der Waals surface area contributed by atoms with E-state index in [-0.39, 0.29) is 30.9 Å². The van der Waals surface area contributed by atoms with Crippen molar-refractivity contribution in [1.82, 2.24) is 24.8 Å². The van der Waals surface area contributed by atoms with Crippen LogP contribution < -0.4 is 5.56 Å². The van der Waals surface area contributed by atoms with Crippen LogP contribution in [0.1, 0.15) is 19.8 Å². The van der Waals surface area contributed by atoms with Gasteiger partial charge in [-0.2, -0.15) is 0 Å². The number of fused-ring (bicyclic) bond motifs is 1. The van der Waals surface area contributed by atoms with E-state index in [9.17, 15) is 19.2 Å². The van der Waals surface area contributed by atoms with Gasteiger partial charge in [-0.1, -0.05) is 17.3 Å². The average Bonchev–Trinajstić information content (AvgIpc) is 2.76. The maximum atomic E-state index is 12.5. The normalized spacial score (nSPS) is 14.5. The molecule has 160 valence electrons. The Morgan fingerprint density at radius 1 is 1.20 bits per heavy atom. The van der Waals surface area contributed by atoms with Crippen molar-refractivity contribution in [3.8, 4) is 0 Å². The van der Waals surface area contributed by atoms with E-state index < -0.39 is 11.5 Å². The molecule has 0 radical (unpaired) electrons. The molecule has 0 atom stereocenters. The standard InChI is InChI=1S/C20H25N5O5/c1-3-30-20(29)14-8-10-24(11-9-14)18(27)12-23(2)17(26)13-25-19(28)15-6-4-5-7-16(15)21-22-25/h4-7,14H,3,8-13H2,1-2H3. The van der Waals surface area contributed by atoms with E-state index in [1.165, 1.54) is 11.9 Å². The van der Waals surface area contributed by atoms with Crippen molar-refractivity contribution in [2.24, 2.45) is 5.92 Å². The van der Waals surface area contributed by atoms with Gasteiger partial charge < -0.3 is 14.5 Å². The minimum absolute atomic E-state index is 0.112. The van der Waals surface area contributed by atoms with Crippen molar-refractivity contribution in [2.45, 2.75) is 26.3 Å². The fourth-order valence-electron chi connectivity index (χ4n) is 3.39. The summed E-state index contributed by atoms with van der Waals surface area (Å²) < 4.78 is 6.03. The van der Waals surface area contributed by atoms with Crippen molar-refractivity contribution >= 4 is 28.7 Å². The molecular weight excluding hydrogens is 390 g/mol. The molecule has 0 unspecified atom stereocenters. The van der Waals surface area contributed by atoms with Crippen LogP contribution in [0.3, 0.4) is 0 Å². The van der Waals surface area contributed by atoms with Crippen molar-refractivity contribution in [3.63, 3.8) is 0 Å². The molecule has 1 aliphatic heterocycles. The molecule has 1 aromatic heterocycles. The van der Waals surface area contributed by atoms with Gasteiger partial charge in [0.1, 0.15) is 12.1 Å². The highest BCUT2D eigenvalue weighted by Crippen LogP contribution is 2.18. The summed E-state index contributed by atoms with van der Waals surface area (Å²) in [6.07, 6.45) is 1.09. The number of benzene rings is 1. The van der Waals surface area contributed by atoms with Crippen LogP contribution in [-0.4, -0.2) is 75.9 Å². The number of likely N-dealkylation sites (N-methyl/N-ethyl adjacent to an activating group) is 1. The lowest BCUT2D eigenvalue weighted by Crippen LogP contribution is -2.46. The van der Waals surface area contributed by atoms with Crippen LogP contribution in [0.5, 0.6) is 0 Å². The molecule has 2 aromatic rings. The first-order valence-electron chi connectivity index (χ1n) is 9.91. The van der Waals surface area contributed by atoms with Crippen LogP contribution in [0.2, 0.25) is 0 Å².